The Balaban J connectivity index is 1.94. The smallest absolute Gasteiger partial charge is 0.0991 e. The average molecular weight is 298 g/mol. The Morgan fingerprint density at radius 1 is 1.18 bits per heavy atom. The van der Waals surface area contributed by atoms with Gasteiger partial charge in [0, 0.05) is 19.0 Å². The van der Waals surface area contributed by atoms with Crippen molar-refractivity contribution in [3.05, 3.63) is 35.4 Å². The minimum absolute atomic E-state index is 0.109. The molecule has 4 atom stereocenters. The first-order valence-corrected chi connectivity index (χ1v) is 8.19. The van der Waals surface area contributed by atoms with Crippen molar-refractivity contribution < 1.29 is 4.84 Å². The molecule has 2 fully saturated rings. The summed E-state index contributed by atoms with van der Waals surface area (Å²) in [6.45, 7) is 9.15. The van der Waals surface area contributed by atoms with E-state index in [9.17, 15) is 0 Å². The van der Waals surface area contributed by atoms with Gasteiger partial charge in [-0.25, -0.2) is 0 Å². The number of hydrogen-bond donors (Lipinski definition) is 0. The van der Waals surface area contributed by atoms with Crippen LogP contribution in [0.1, 0.15) is 51.7 Å². The molecule has 0 aromatic heterocycles. The number of rotatable bonds is 1. The topological polar surface area (TPSA) is 36.3 Å². The van der Waals surface area contributed by atoms with E-state index in [1.807, 2.05) is 12.1 Å². The van der Waals surface area contributed by atoms with Crippen LogP contribution in [0.3, 0.4) is 0 Å². The summed E-state index contributed by atoms with van der Waals surface area (Å²) < 4.78 is 0. The van der Waals surface area contributed by atoms with Crippen LogP contribution in [-0.2, 0) is 10.3 Å². The van der Waals surface area contributed by atoms with Crippen molar-refractivity contribution in [1.82, 2.24) is 5.06 Å². The predicted octanol–water partition coefficient (Wildman–Crippen LogP) is 3.89. The second-order valence-corrected chi connectivity index (χ2v) is 7.97. The number of hydrogen-bond acceptors (Lipinski definition) is 3. The molecule has 4 unspecified atom stereocenters. The standard InChI is InChI=1S/C19H26N2O/c1-13-10-19(4,15-8-6-14(12-20)7-9-15)11-16-17(13)21(5)22-18(16,2)3/h6-9,13,16-17H,10-11H2,1-5H3. The third-order valence-corrected chi connectivity index (χ3v) is 5.84. The average Bonchev–Trinajstić information content (AvgIpc) is 2.68. The normalized spacial score (nSPS) is 37.5. The van der Waals surface area contributed by atoms with Gasteiger partial charge >= 0.3 is 0 Å². The van der Waals surface area contributed by atoms with Crippen molar-refractivity contribution in [3.63, 3.8) is 0 Å². The van der Waals surface area contributed by atoms with E-state index in [4.69, 9.17) is 10.1 Å². The van der Waals surface area contributed by atoms with Gasteiger partial charge in [-0.2, -0.15) is 10.3 Å². The van der Waals surface area contributed by atoms with Gasteiger partial charge in [0.2, 0.25) is 0 Å². The maximum Gasteiger partial charge on any atom is 0.0991 e. The number of benzene rings is 1. The van der Waals surface area contributed by atoms with E-state index in [-0.39, 0.29) is 11.0 Å². The lowest BCUT2D eigenvalue weighted by molar-refractivity contribution is -0.182. The van der Waals surface area contributed by atoms with Gasteiger partial charge in [-0.15, -0.1) is 0 Å². The van der Waals surface area contributed by atoms with Gasteiger partial charge in [0.15, 0.2) is 0 Å². The van der Waals surface area contributed by atoms with Crippen LogP contribution in [0.4, 0.5) is 0 Å². The largest absolute Gasteiger partial charge is 0.293 e. The van der Waals surface area contributed by atoms with Crippen LogP contribution in [0.5, 0.6) is 0 Å². The first-order chi connectivity index (χ1) is 10.3. The number of nitriles is 1. The first kappa shape index (κ1) is 15.5. The molecule has 0 radical (unpaired) electrons. The molecule has 0 N–H and O–H groups in total. The molecule has 0 spiro atoms. The molecule has 2 aliphatic rings. The van der Waals surface area contributed by atoms with E-state index in [1.165, 1.54) is 5.56 Å². The molecule has 1 heterocycles. The Hall–Kier alpha value is -1.37. The molecular weight excluding hydrogens is 272 g/mol. The van der Waals surface area contributed by atoms with Crippen LogP contribution in [-0.4, -0.2) is 23.8 Å². The summed E-state index contributed by atoms with van der Waals surface area (Å²) in [5, 5.41) is 11.1. The fraction of sp³-hybridized carbons (Fsp3) is 0.632. The predicted molar refractivity (Wildman–Crippen MR) is 87.1 cm³/mol. The third kappa shape index (κ3) is 2.35. The highest BCUT2D eigenvalue weighted by Crippen LogP contribution is 2.53. The van der Waals surface area contributed by atoms with Crippen LogP contribution in [0, 0.1) is 23.2 Å². The monoisotopic (exact) mass is 298 g/mol. The summed E-state index contributed by atoms with van der Waals surface area (Å²) in [6, 6.07) is 10.9. The minimum atomic E-state index is -0.109. The molecule has 1 aliphatic carbocycles. The molecule has 1 saturated carbocycles. The van der Waals surface area contributed by atoms with Crippen molar-refractivity contribution in [2.75, 3.05) is 7.05 Å². The Labute approximate surface area is 133 Å². The maximum absolute atomic E-state index is 8.99. The molecule has 22 heavy (non-hydrogen) atoms. The van der Waals surface area contributed by atoms with Crippen LogP contribution < -0.4 is 0 Å². The molecule has 1 aromatic rings. The van der Waals surface area contributed by atoms with Crippen molar-refractivity contribution >= 4 is 0 Å². The van der Waals surface area contributed by atoms with E-state index >= 15 is 0 Å². The van der Waals surface area contributed by atoms with Gasteiger partial charge in [-0.05, 0) is 55.7 Å². The van der Waals surface area contributed by atoms with Gasteiger partial charge in [0.25, 0.3) is 0 Å². The van der Waals surface area contributed by atoms with E-state index in [2.05, 4.69) is 58.0 Å². The zero-order chi connectivity index (χ0) is 16.1. The molecular formula is C19H26N2O. The Kier molecular flexibility index (Phi) is 3.58. The van der Waals surface area contributed by atoms with Gasteiger partial charge in [0.1, 0.15) is 0 Å². The maximum atomic E-state index is 8.99. The Morgan fingerprint density at radius 3 is 2.41 bits per heavy atom. The zero-order valence-corrected chi connectivity index (χ0v) is 14.3. The minimum Gasteiger partial charge on any atom is -0.293 e. The fourth-order valence-corrected chi connectivity index (χ4v) is 4.87. The Bertz CT molecular complexity index is 601. The van der Waals surface area contributed by atoms with Crippen molar-refractivity contribution in [2.45, 2.75) is 57.6 Å². The van der Waals surface area contributed by atoms with E-state index in [0.29, 0.717) is 17.9 Å². The second-order valence-electron chi connectivity index (χ2n) is 7.97. The summed E-state index contributed by atoms with van der Waals surface area (Å²) in [7, 11) is 2.08. The van der Waals surface area contributed by atoms with Crippen molar-refractivity contribution in [1.29, 1.82) is 5.26 Å². The second kappa shape index (κ2) is 5.08. The van der Waals surface area contributed by atoms with Gasteiger partial charge < -0.3 is 0 Å². The van der Waals surface area contributed by atoms with Gasteiger partial charge in [-0.1, -0.05) is 26.0 Å². The molecule has 0 bridgehead atoms. The lowest BCUT2D eigenvalue weighted by atomic mass is 9.59. The highest BCUT2D eigenvalue weighted by Gasteiger charge is 2.55. The molecule has 3 rings (SSSR count). The van der Waals surface area contributed by atoms with Crippen molar-refractivity contribution in [3.8, 4) is 6.07 Å². The summed E-state index contributed by atoms with van der Waals surface area (Å²) >= 11 is 0. The number of hydroxylamine groups is 2. The summed E-state index contributed by atoms with van der Waals surface area (Å²) in [6.07, 6.45) is 2.29. The van der Waals surface area contributed by atoms with Crippen molar-refractivity contribution in [2.24, 2.45) is 11.8 Å². The molecule has 1 saturated heterocycles. The number of fused-ring (bicyclic) bond motifs is 1. The van der Waals surface area contributed by atoms with E-state index < -0.39 is 0 Å². The van der Waals surface area contributed by atoms with Crippen LogP contribution >= 0.6 is 0 Å². The molecule has 1 aromatic carbocycles. The quantitative estimate of drug-likeness (QED) is 0.789. The van der Waals surface area contributed by atoms with E-state index in [1.54, 1.807) is 0 Å². The molecule has 118 valence electrons. The molecule has 1 aliphatic heterocycles. The van der Waals surface area contributed by atoms with Crippen LogP contribution in [0.25, 0.3) is 0 Å². The molecule has 3 nitrogen and oxygen atoms in total. The highest BCUT2D eigenvalue weighted by atomic mass is 16.7. The molecule has 3 heteroatoms. The summed E-state index contributed by atoms with van der Waals surface area (Å²) in [5.41, 5.74) is 2.13. The fourth-order valence-electron chi connectivity index (χ4n) is 4.87. The van der Waals surface area contributed by atoms with E-state index in [0.717, 1.165) is 18.4 Å². The first-order valence-electron chi connectivity index (χ1n) is 8.19. The van der Waals surface area contributed by atoms with Gasteiger partial charge in [-0.3, -0.25) is 4.84 Å². The SMILES string of the molecule is CC1CC(C)(c2ccc(C#N)cc2)CC2C1N(C)OC2(C)C. The summed E-state index contributed by atoms with van der Waals surface area (Å²) in [4.78, 5) is 6.12. The van der Waals surface area contributed by atoms with Crippen LogP contribution in [0.15, 0.2) is 24.3 Å². The Morgan fingerprint density at radius 2 is 1.82 bits per heavy atom. The molecule has 0 amide bonds. The van der Waals surface area contributed by atoms with Gasteiger partial charge in [0.05, 0.1) is 17.2 Å². The summed E-state index contributed by atoms with van der Waals surface area (Å²) in [5.74, 6) is 1.12. The van der Waals surface area contributed by atoms with Crippen LogP contribution in [0.2, 0.25) is 0 Å². The third-order valence-electron chi connectivity index (χ3n) is 5.84. The number of nitrogens with zero attached hydrogens (tertiary/aromatic N) is 2. The lowest BCUT2D eigenvalue weighted by Crippen LogP contribution is -2.48. The lowest BCUT2D eigenvalue weighted by Gasteiger charge is -2.46. The zero-order valence-electron chi connectivity index (χ0n) is 14.3. The highest BCUT2D eigenvalue weighted by molar-refractivity contribution is 5.35.